The van der Waals surface area contributed by atoms with E-state index in [-0.39, 0.29) is 11.7 Å². The second kappa shape index (κ2) is 9.50. The van der Waals surface area contributed by atoms with Crippen LogP contribution in [0.5, 0.6) is 11.5 Å². The summed E-state index contributed by atoms with van der Waals surface area (Å²) in [7, 11) is 0. The van der Waals surface area contributed by atoms with Gasteiger partial charge in [-0.3, -0.25) is 14.7 Å². The number of fused-ring (bicyclic) bond motifs is 1. The Morgan fingerprint density at radius 1 is 1.24 bits per heavy atom. The highest BCUT2D eigenvalue weighted by molar-refractivity contribution is 7.19. The first-order valence-electron chi connectivity index (χ1n) is 9.35. The molecule has 0 bridgehead atoms. The van der Waals surface area contributed by atoms with E-state index in [9.17, 15) is 9.18 Å². The van der Waals surface area contributed by atoms with Crippen molar-refractivity contribution in [1.82, 2.24) is 9.88 Å². The Morgan fingerprint density at radius 2 is 2.03 bits per heavy atom. The Kier molecular flexibility index (Phi) is 6.81. The van der Waals surface area contributed by atoms with Gasteiger partial charge in [-0.1, -0.05) is 25.7 Å². The van der Waals surface area contributed by atoms with Gasteiger partial charge in [0.2, 0.25) is 5.91 Å². The number of nitrogens with zero attached hydrogens (tertiary/aromatic N) is 2. The molecule has 1 aromatic carbocycles. The summed E-state index contributed by atoms with van der Waals surface area (Å²) in [4.78, 5) is 18.6. The zero-order valence-corrected chi connectivity index (χ0v) is 17.4. The molecule has 2 heterocycles. The Labute approximate surface area is 173 Å². The molecule has 0 radical (unpaired) electrons. The van der Waals surface area contributed by atoms with Gasteiger partial charge in [0.25, 0.3) is 0 Å². The van der Waals surface area contributed by atoms with Crippen LogP contribution in [0.25, 0.3) is 10.2 Å². The van der Waals surface area contributed by atoms with Gasteiger partial charge in [0.15, 0.2) is 11.6 Å². The van der Waals surface area contributed by atoms with Gasteiger partial charge in [-0.15, -0.1) is 11.3 Å². The topological polar surface area (TPSA) is 54.5 Å². The van der Waals surface area contributed by atoms with E-state index in [4.69, 9.17) is 4.74 Å². The molecule has 2 aromatic heterocycles. The largest absolute Gasteiger partial charge is 0.453 e. The number of hydrogen-bond donors (Lipinski definition) is 1. The number of carbonyl (C=O) groups excluding carboxylic acids is 1. The fourth-order valence-electron chi connectivity index (χ4n) is 2.73. The first-order chi connectivity index (χ1) is 14.0. The van der Waals surface area contributed by atoms with Crippen molar-refractivity contribution < 1.29 is 13.9 Å². The quantitative estimate of drug-likeness (QED) is 0.588. The van der Waals surface area contributed by atoms with E-state index in [1.54, 1.807) is 18.3 Å². The van der Waals surface area contributed by atoms with Gasteiger partial charge in [0.1, 0.15) is 5.75 Å². The summed E-state index contributed by atoms with van der Waals surface area (Å²) >= 11 is 1.47. The highest BCUT2D eigenvalue weighted by Gasteiger charge is 2.12. The number of halogens is 1. The minimum absolute atomic E-state index is 0.0779. The second-order valence-electron chi connectivity index (χ2n) is 6.33. The Hall–Kier alpha value is -2.95. The van der Waals surface area contributed by atoms with Gasteiger partial charge in [0.05, 0.1) is 21.6 Å². The van der Waals surface area contributed by atoms with Crippen LogP contribution in [0.4, 0.5) is 10.1 Å². The SMILES string of the molecule is CCN(CC)CC#Cc1cc2nccc(Oc3ccc(NC(C)=O)cc3F)c2s1. The van der Waals surface area contributed by atoms with E-state index in [0.29, 0.717) is 18.0 Å². The van der Waals surface area contributed by atoms with Crippen molar-refractivity contribution >= 4 is 33.1 Å². The Morgan fingerprint density at radius 3 is 2.72 bits per heavy atom. The van der Waals surface area contributed by atoms with Crippen molar-refractivity contribution in [2.75, 3.05) is 25.0 Å². The summed E-state index contributed by atoms with van der Waals surface area (Å²) < 4.78 is 21.0. The van der Waals surface area contributed by atoms with E-state index in [2.05, 4.69) is 40.9 Å². The van der Waals surface area contributed by atoms with Gasteiger partial charge in [0, 0.05) is 30.9 Å². The fourth-order valence-corrected chi connectivity index (χ4v) is 3.67. The average molecular weight is 412 g/mol. The summed E-state index contributed by atoms with van der Waals surface area (Å²) in [6.45, 7) is 8.23. The number of anilines is 1. The van der Waals surface area contributed by atoms with Crippen LogP contribution in [0.15, 0.2) is 36.5 Å². The number of nitrogens with one attached hydrogen (secondary N) is 1. The average Bonchev–Trinajstić information content (AvgIpc) is 3.11. The van der Waals surface area contributed by atoms with Gasteiger partial charge >= 0.3 is 0 Å². The molecule has 5 nitrogen and oxygen atoms in total. The van der Waals surface area contributed by atoms with Crippen molar-refractivity contribution in [1.29, 1.82) is 0 Å². The summed E-state index contributed by atoms with van der Waals surface area (Å²) in [6, 6.07) is 7.93. The molecule has 3 rings (SSSR count). The van der Waals surface area contributed by atoms with Crippen molar-refractivity contribution in [2.45, 2.75) is 20.8 Å². The number of hydrogen-bond acceptors (Lipinski definition) is 5. The third-order valence-electron chi connectivity index (χ3n) is 4.26. The molecular formula is C22H22FN3O2S. The zero-order valence-electron chi connectivity index (χ0n) is 16.6. The van der Waals surface area contributed by atoms with Gasteiger partial charge in [-0.2, -0.15) is 0 Å². The van der Waals surface area contributed by atoms with Crippen LogP contribution in [-0.2, 0) is 4.79 Å². The summed E-state index contributed by atoms with van der Waals surface area (Å²) in [5, 5.41) is 2.54. The molecule has 150 valence electrons. The molecule has 3 aromatic rings. The van der Waals surface area contributed by atoms with Crippen molar-refractivity contribution in [2.24, 2.45) is 0 Å². The van der Waals surface area contributed by atoms with Gasteiger partial charge in [-0.25, -0.2) is 4.39 Å². The first-order valence-corrected chi connectivity index (χ1v) is 10.2. The molecule has 1 N–H and O–H groups in total. The number of thiophene rings is 1. The lowest BCUT2D eigenvalue weighted by atomic mass is 10.3. The molecule has 0 aliphatic heterocycles. The lowest BCUT2D eigenvalue weighted by molar-refractivity contribution is -0.114. The van der Waals surface area contributed by atoms with Crippen molar-refractivity contribution in [3.05, 3.63) is 47.2 Å². The predicted octanol–water partition coefficient (Wildman–Crippen LogP) is 4.88. The predicted molar refractivity (Wildman–Crippen MR) is 115 cm³/mol. The molecule has 0 unspecified atom stereocenters. The molecule has 0 aliphatic carbocycles. The number of pyridine rings is 1. The number of rotatable bonds is 6. The monoisotopic (exact) mass is 411 g/mol. The zero-order chi connectivity index (χ0) is 20.8. The number of carbonyl (C=O) groups is 1. The van der Waals surface area contributed by atoms with E-state index in [1.807, 2.05) is 6.07 Å². The Bertz CT molecular complexity index is 1080. The highest BCUT2D eigenvalue weighted by atomic mass is 32.1. The summed E-state index contributed by atoms with van der Waals surface area (Å²) in [5.41, 5.74) is 1.14. The molecule has 0 saturated carbocycles. The highest BCUT2D eigenvalue weighted by Crippen LogP contribution is 2.35. The smallest absolute Gasteiger partial charge is 0.221 e. The third kappa shape index (κ3) is 5.31. The standard InChI is InChI=1S/C22H22FN3O2S/c1-4-26(5-2)12-6-7-17-14-19-22(29-17)21(10-11-24-19)28-20-9-8-16(13-18(20)23)25-15(3)27/h8-11,13-14H,4-5,12H2,1-3H3,(H,25,27). The van der Waals surface area contributed by atoms with E-state index < -0.39 is 5.82 Å². The first kappa shape index (κ1) is 20.8. The number of ether oxygens (including phenoxy) is 1. The molecule has 0 spiro atoms. The van der Waals surface area contributed by atoms with E-state index in [1.165, 1.54) is 30.4 Å². The van der Waals surface area contributed by atoms with Crippen molar-refractivity contribution in [3.8, 4) is 23.3 Å². The summed E-state index contributed by atoms with van der Waals surface area (Å²) in [6.07, 6.45) is 1.63. The minimum Gasteiger partial charge on any atom is -0.453 e. The van der Waals surface area contributed by atoms with Crippen LogP contribution in [0.3, 0.4) is 0 Å². The van der Waals surface area contributed by atoms with Crippen LogP contribution in [0, 0.1) is 17.7 Å². The van der Waals surface area contributed by atoms with Gasteiger partial charge in [-0.05, 0) is 31.3 Å². The molecule has 0 aliphatic rings. The number of benzene rings is 1. The van der Waals surface area contributed by atoms with Gasteiger partial charge < -0.3 is 10.1 Å². The molecule has 0 atom stereocenters. The summed E-state index contributed by atoms with van der Waals surface area (Å²) in [5.74, 6) is 6.14. The molecule has 0 saturated heterocycles. The number of aromatic nitrogens is 1. The fraction of sp³-hybridized carbons (Fsp3) is 0.273. The normalized spacial score (nSPS) is 10.7. The van der Waals surface area contributed by atoms with Crippen LogP contribution < -0.4 is 10.1 Å². The molecule has 7 heteroatoms. The molecule has 29 heavy (non-hydrogen) atoms. The van der Waals surface area contributed by atoms with Crippen LogP contribution in [-0.4, -0.2) is 35.4 Å². The second-order valence-corrected chi connectivity index (χ2v) is 7.38. The lowest BCUT2D eigenvalue weighted by Gasteiger charge is -2.12. The van der Waals surface area contributed by atoms with Crippen molar-refractivity contribution in [3.63, 3.8) is 0 Å². The number of amides is 1. The lowest BCUT2D eigenvalue weighted by Crippen LogP contribution is -2.22. The van der Waals surface area contributed by atoms with Crippen LogP contribution in [0.2, 0.25) is 0 Å². The van der Waals surface area contributed by atoms with E-state index in [0.717, 1.165) is 28.2 Å². The maximum atomic E-state index is 14.4. The molecule has 1 amide bonds. The minimum atomic E-state index is -0.558. The third-order valence-corrected chi connectivity index (χ3v) is 5.31. The Balaban J connectivity index is 1.83. The van der Waals surface area contributed by atoms with Crippen LogP contribution >= 0.6 is 11.3 Å². The molecule has 0 fully saturated rings. The molecular weight excluding hydrogens is 389 g/mol. The maximum absolute atomic E-state index is 14.4. The van der Waals surface area contributed by atoms with Crippen LogP contribution in [0.1, 0.15) is 25.6 Å². The maximum Gasteiger partial charge on any atom is 0.221 e. The van der Waals surface area contributed by atoms with E-state index >= 15 is 0 Å².